The van der Waals surface area contributed by atoms with E-state index in [9.17, 15) is 13.2 Å². The summed E-state index contributed by atoms with van der Waals surface area (Å²) in [6.07, 6.45) is 1.54. The summed E-state index contributed by atoms with van der Waals surface area (Å²) < 4.78 is 27.3. The molecule has 1 aliphatic carbocycles. The summed E-state index contributed by atoms with van der Waals surface area (Å²) >= 11 is 1.62. The lowest BCUT2D eigenvalue weighted by Gasteiger charge is -2.17. The van der Waals surface area contributed by atoms with Crippen LogP contribution in [0.1, 0.15) is 23.3 Å². The zero-order valence-electron chi connectivity index (χ0n) is 14.6. The smallest absolute Gasteiger partial charge is 0.243 e. The van der Waals surface area contributed by atoms with Crippen LogP contribution >= 0.6 is 11.3 Å². The summed E-state index contributed by atoms with van der Waals surface area (Å²) in [4.78, 5) is 13.9. The minimum absolute atomic E-state index is 0.0493. The molecule has 0 radical (unpaired) electrons. The van der Waals surface area contributed by atoms with Crippen LogP contribution < -0.4 is 5.32 Å². The Bertz CT molecular complexity index is 924. The molecule has 1 spiro atoms. The van der Waals surface area contributed by atoms with Crippen molar-refractivity contribution in [2.75, 3.05) is 13.1 Å². The first-order chi connectivity index (χ1) is 12.4. The van der Waals surface area contributed by atoms with Crippen LogP contribution in [0, 0.1) is 18.3 Å². The highest BCUT2D eigenvalue weighted by Crippen LogP contribution is 2.59. The predicted molar refractivity (Wildman–Crippen MR) is 101 cm³/mol. The van der Waals surface area contributed by atoms with Crippen LogP contribution in [-0.4, -0.2) is 31.7 Å². The minimum atomic E-state index is -3.49. The largest absolute Gasteiger partial charge is 0.351 e. The summed E-state index contributed by atoms with van der Waals surface area (Å²) in [6.45, 7) is 3.37. The van der Waals surface area contributed by atoms with Crippen LogP contribution in [0.5, 0.6) is 0 Å². The van der Waals surface area contributed by atoms with Crippen LogP contribution in [0.3, 0.4) is 0 Å². The Hall–Kier alpha value is -1.70. The maximum atomic E-state index is 12.9. The molecule has 2 aromatic rings. The molecule has 2 aliphatic rings. The van der Waals surface area contributed by atoms with Crippen molar-refractivity contribution >= 4 is 27.3 Å². The number of aryl methyl sites for hydroxylation is 1. The SMILES string of the molecule is Cc1cccc(S(=O)(=O)N2CC[C@]3(C[C@H]3C(=O)NCc3cccs3)C2)c1. The van der Waals surface area contributed by atoms with Crippen molar-refractivity contribution in [3.05, 3.63) is 52.2 Å². The zero-order valence-corrected chi connectivity index (χ0v) is 16.3. The van der Waals surface area contributed by atoms with Crippen molar-refractivity contribution in [2.24, 2.45) is 11.3 Å². The lowest BCUT2D eigenvalue weighted by atomic mass is 10.0. The molecule has 1 N–H and O–H groups in total. The number of thiophene rings is 1. The number of hydrogen-bond donors (Lipinski definition) is 1. The molecule has 1 amide bonds. The van der Waals surface area contributed by atoms with Gasteiger partial charge < -0.3 is 5.32 Å². The van der Waals surface area contributed by atoms with Gasteiger partial charge in [-0.05, 0) is 54.3 Å². The zero-order chi connectivity index (χ0) is 18.4. The molecular formula is C19H22N2O3S2. The molecule has 26 heavy (non-hydrogen) atoms. The topological polar surface area (TPSA) is 66.5 Å². The van der Waals surface area contributed by atoms with E-state index in [-0.39, 0.29) is 17.2 Å². The number of benzene rings is 1. The molecule has 2 fully saturated rings. The fourth-order valence-corrected chi connectivity index (χ4v) is 6.15. The number of amides is 1. The van der Waals surface area contributed by atoms with Crippen LogP contribution in [0.4, 0.5) is 0 Å². The van der Waals surface area contributed by atoms with Gasteiger partial charge in [-0.15, -0.1) is 11.3 Å². The van der Waals surface area contributed by atoms with Gasteiger partial charge in [0.05, 0.1) is 11.4 Å². The Morgan fingerprint density at radius 1 is 1.35 bits per heavy atom. The lowest BCUT2D eigenvalue weighted by molar-refractivity contribution is -0.123. The van der Waals surface area contributed by atoms with Crippen molar-refractivity contribution in [2.45, 2.75) is 31.2 Å². The van der Waals surface area contributed by atoms with Crippen LogP contribution in [0.15, 0.2) is 46.7 Å². The second kappa shape index (κ2) is 6.48. The second-order valence-corrected chi connectivity index (χ2v) is 10.3. The van der Waals surface area contributed by atoms with Gasteiger partial charge >= 0.3 is 0 Å². The maximum Gasteiger partial charge on any atom is 0.243 e. The number of rotatable bonds is 5. The molecule has 1 aromatic heterocycles. The number of sulfonamides is 1. The summed E-state index contributed by atoms with van der Waals surface area (Å²) in [5.41, 5.74) is 0.758. The predicted octanol–water partition coefficient (Wildman–Crippen LogP) is 2.77. The molecule has 1 saturated heterocycles. The third-order valence-electron chi connectivity index (χ3n) is 5.50. The fourth-order valence-electron chi connectivity index (χ4n) is 3.87. The molecule has 4 rings (SSSR count). The van der Waals surface area contributed by atoms with Crippen LogP contribution in [0.2, 0.25) is 0 Å². The molecule has 1 aromatic carbocycles. The van der Waals surface area contributed by atoms with E-state index in [1.807, 2.05) is 30.5 Å². The van der Waals surface area contributed by atoms with Gasteiger partial charge in [0, 0.05) is 23.9 Å². The first kappa shape index (κ1) is 17.7. The molecule has 0 bridgehead atoms. The van der Waals surface area contributed by atoms with Crippen molar-refractivity contribution in [3.63, 3.8) is 0 Å². The number of carbonyl (C=O) groups excluding carboxylic acids is 1. The van der Waals surface area contributed by atoms with Gasteiger partial charge in [0.2, 0.25) is 15.9 Å². The van der Waals surface area contributed by atoms with Gasteiger partial charge in [0.25, 0.3) is 0 Å². The Kier molecular flexibility index (Phi) is 4.41. The van der Waals surface area contributed by atoms with Gasteiger partial charge in [-0.3, -0.25) is 4.79 Å². The quantitative estimate of drug-likeness (QED) is 0.854. The Balaban J connectivity index is 1.40. The van der Waals surface area contributed by atoms with E-state index in [4.69, 9.17) is 0 Å². The van der Waals surface area contributed by atoms with E-state index in [2.05, 4.69) is 5.32 Å². The summed E-state index contributed by atoms with van der Waals surface area (Å²) in [7, 11) is -3.49. The van der Waals surface area contributed by atoms with Gasteiger partial charge in [0.15, 0.2) is 0 Å². The third-order valence-corrected chi connectivity index (χ3v) is 8.22. The summed E-state index contributed by atoms with van der Waals surface area (Å²) in [5, 5.41) is 4.99. The first-order valence-electron chi connectivity index (χ1n) is 8.78. The van der Waals surface area contributed by atoms with Crippen molar-refractivity contribution in [3.8, 4) is 0 Å². The van der Waals surface area contributed by atoms with Crippen LogP contribution in [-0.2, 0) is 21.4 Å². The number of nitrogens with zero attached hydrogens (tertiary/aromatic N) is 1. The Morgan fingerprint density at radius 2 is 2.19 bits per heavy atom. The molecule has 5 nitrogen and oxygen atoms in total. The molecule has 1 aliphatic heterocycles. The first-order valence-corrected chi connectivity index (χ1v) is 11.1. The van der Waals surface area contributed by atoms with Crippen molar-refractivity contribution < 1.29 is 13.2 Å². The Labute approximate surface area is 158 Å². The van der Waals surface area contributed by atoms with Gasteiger partial charge in [-0.1, -0.05) is 18.2 Å². The van der Waals surface area contributed by atoms with Gasteiger partial charge in [-0.25, -0.2) is 8.42 Å². The average molecular weight is 391 g/mol. The van der Waals surface area contributed by atoms with E-state index in [0.29, 0.717) is 24.5 Å². The second-order valence-electron chi connectivity index (χ2n) is 7.32. The molecule has 7 heteroatoms. The monoisotopic (exact) mass is 390 g/mol. The minimum Gasteiger partial charge on any atom is -0.351 e. The van der Waals surface area contributed by atoms with E-state index in [0.717, 1.165) is 23.3 Å². The van der Waals surface area contributed by atoms with E-state index < -0.39 is 10.0 Å². The summed E-state index contributed by atoms with van der Waals surface area (Å²) in [5.74, 6) is -0.0200. The highest BCUT2D eigenvalue weighted by molar-refractivity contribution is 7.89. The molecule has 138 valence electrons. The Morgan fingerprint density at radius 3 is 2.92 bits per heavy atom. The fraction of sp³-hybridized carbons (Fsp3) is 0.421. The molecule has 0 unspecified atom stereocenters. The average Bonchev–Trinajstić information content (AvgIpc) is 2.97. The summed E-state index contributed by atoms with van der Waals surface area (Å²) in [6, 6.07) is 11.0. The highest BCUT2D eigenvalue weighted by atomic mass is 32.2. The normalized spacial score (nSPS) is 25.5. The third kappa shape index (κ3) is 3.19. The van der Waals surface area contributed by atoms with Crippen molar-refractivity contribution in [1.82, 2.24) is 9.62 Å². The van der Waals surface area contributed by atoms with Crippen LogP contribution in [0.25, 0.3) is 0 Å². The van der Waals surface area contributed by atoms with Gasteiger partial charge in [-0.2, -0.15) is 4.31 Å². The molecule has 1 saturated carbocycles. The number of hydrogen-bond acceptors (Lipinski definition) is 4. The standard InChI is InChI=1S/C19H22N2O3S2/c1-14-4-2-6-16(10-14)26(23,24)21-8-7-19(13-21)11-17(19)18(22)20-12-15-5-3-9-25-15/h2-6,9-10,17H,7-8,11-13H2,1H3,(H,20,22)/t17-,19-/m0/s1. The number of carbonyl (C=O) groups is 1. The van der Waals surface area contributed by atoms with E-state index in [1.54, 1.807) is 33.8 Å². The molecular weight excluding hydrogens is 368 g/mol. The highest BCUT2D eigenvalue weighted by Gasteiger charge is 2.62. The molecule has 2 atom stereocenters. The van der Waals surface area contributed by atoms with Crippen molar-refractivity contribution in [1.29, 1.82) is 0 Å². The van der Waals surface area contributed by atoms with E-state index in [1.165, 1.54) is 0 Å². The molecule has 2 heterocycles. The van der Waals surface area contributed by atoms with Gasteiger partial charge in [0.1, 0.15) is 0 Å². The maximum absolute atomic E-state index is 12.9. The van der Waals surface area contributed by atoms with E-state index >= 15 is 0 Å². The lowest BCUT2D eigenvalue weighted by Crippen LogP contribution is -2.31. The number of nitrogens with one attached hydrogen (secondary N) is 1.